The molecular weight excluding hydrogens is 425 g/mol. The van der Waals surface area contributed by atoms with Crippen LogP contribution in [0, 0.1) is 5.41 Å². The summed E-state index contributed by atoms with van der Waals surface area (Å²) in [5.74, 6) is -0.797. The molecule has 13 heteroatoms. The van der Waals surface area contributed by atoms with Gasteiger partial charge in [0.2, 0.25) is 11.8 Å². The van der Waals surface area contributed by atoms with E-state index in [-0.39, 0.29) is 31.3 Å². The molecule has 0 heterocycles. The molecule has 29 heavy (non-hydrogen) atoms. The van der Waals surface area contributed by atoms with Crippen molar-refractivity contribution < 1.29 is 38.0 Å². The van der Waals surface area contributed by atoms with Crippen LogP contribution in [0.3, 0.4) is 0 Å². The maximum absolute atomic E-state index is 12.1. The Morgan fingerprint density at radius 2 is 1.79 bits per heavy atom. The molecular formula is C16H32N3O8PS. The molecule has 0 rings (SSSR count). The van der Waals surface area contributed by atoms with Gasteiger partial charge < -0.3 is 26.0 Å². The molecule has 11 nitrogen and oxygen atoms in total. The van der Waals surface area contributed by atoms with Crippen molar-refractivity contribution in [3.8, 4) is 0 Å². The molecule has 3 unspecified atom stereocenters. The van der Waals surface area contributed by atoms with Crippen LogP contribution in [-0.4, -0.2) is 78.8 Å². The fraction of sp³-hybridized carbons (Fsp3) is 0.812. The first-order chi connectivity index (χ1) is 13.4. The molecule has 0 aromatic carbocycles. The summed E-state index contributed by atoms with van der Waals surface area (Å²) in [7, 11) is -3.00. The molecule has 0 bridgehead atoms. The van der Waals surface area contributed by atoms with Gasteiger partial charge in [0.25, 0.3) is 0 Å². The fourth-order valence-electron chi connectivity index (χ4n) is 1.97. The highest BCUT2D eigenvalue weighted by molar-refractivity contribution is 7.80. The zero-order chi connectivity index (χ0) is 22.7. The lowest BCUT2D eigenvalue weighted by Gasteiger charge is -2.30. The summed E-state index contributed by atoms with van der Waals surface area (Å²) in [6, 6.07) is -0.770. The molecule has 2 amide bonds. The fourth-order valence-corrected chi connectivity index (χ4v) is 2.99. The number of rotatable bonds is 15. The average Bonchev–Trinajstić information content (AvgIpc) is 2.64. The molecule has 0 fully saturated rings. The van der Waals surface area contributed by atoms with Crippen molar-refractivity contribution in [2.45, 2.75) is 39.3 Å². The molecule has 170 valence electrons. The van der Waals surface area contributed by atoms with E-state index in [0.717, 1.165) is 0 Å². The third-order valence-corrected chi connectivity index (χ3v) is 5.07. The van der Waals surface area contributed by atoms with Crippen LogP contribution in [0.4, 0.5) is 0 Å². The number of likely N-dealkylation sites (N-methyl/N-ethyl adjacent to an activating group) is 1. The van der Waals surface area contributed by atoms with E-state index in [1.807, 2.05) is 0 Å². The van der Waals surface area contributed by atoms with Crippen LogP contribution < -0.4 is 16.0 Å². The second-order valence-corrected chi connectivity index (χ2v) is 8.90. The molecule has 0 aromatic rings. The van der Waals surface area contributed by atoms with Gasteiger partial charge in [-0.05, 0) is 14.0 Å². The van der Waals surface area contributed by atoms with Gasteiger partial charge in [0.05, 0.1) is 19.3 Å². The number of hydrogen-bond acceptors (Lipinski definition) is 9. The molecule has 0 radical (unpaired) electrons. The summed E-state index contributed by atoms with van der Waals surface area (Å²) in [5.41, 5.74) is -1.23. The van der Waals surface area contributed by atoms with Crippen LogP contribution in [0.5, 0.6) is 0 Å². The van der Waals surface area contributed by atoms with E-state index in [2.05, 4.69) is 28.6 Å². The molecule has 0 aliphatic rings. The van der Waals surface area contributed by atoms with Crippen LogP contribution in [0.15, 0.2) is 0 Å². The number of nitrogens with one attached hydrogen (secondary N) is 3. The Bertz CT molecular complexity index is 605. The Labute approximate surface area is 176 Å². The average molecular weight is 457 g/mol. The lowest BCUT2D eigenvalue weighted by atomic mass is 9.87. The summed E-state index contributed by atoms with van der Waals surface area (Å²) >= 11 is 3.96. The number of Topliss-reactive ketones (excluding diaryl/α,β-unsaturated/α-hetero) is 1. The van der Waals surface area contributed by atoms with E-state index in [4.69, 9.17) is 9.05 Å². The molecule has 0 aliphatic heterocycles. The SMILES string of the molecule is CNC(COP(=O)(O)OCC(C)(C)C(O)C(=O)NCCC(=O)NCCS)C(C)=O. The molecule has 3 atom stereocenters. The summed E-state index contributed by atoms with van der Waals surface area (Å²) in [6.07, 6.45) is -1.53. The predicted molar refractivity (Wildman–Crippen MR) is 110 cm³/mol. The number of ketones is 1. The third-order valence-electron chi connectivity index (χ3n) is 3.92. The molecule has 0 saturated heterocycles. The monoisotopic (exact) mass is 457 g/mol. The van der Waals surface area contributed by atoms with Crippen LogP contribution >= 0.6 is 20.5 Å². The molecule has 0 spiro atoms. The van der Waals surface area contributed by atoms with Gasteiger partial charge in [-0.2, -0.15) is 12.6 Å². The highest BCUT2D eigenvalue weighted by Gasteiger charge is 2.37. The Hall–Kier alpha value is -1.01. The first-order valence-electron chi connectivity index (χ1n) is 8.99. The Kier molecular flexibility index (Phi) is 12.9. The van der Waals surface area contributed by atoms with Gasteiger partial charge in [-0.3, -0.25) is 23.4 Å². The van der Waals surface area contributed by atoms with E-state index in [1.54, 1.807) is 0 Å². The number of carbonyl (C=O) groups excluding carboxylic acids is 3. The maximum Gasteiger partial charge on any atom is 0.472 e. The third kappa shape index (κ3) is 11.7. The number of phosphoric ester groups is 1. The van der Waals surface area contributed by atoms with Crippen molar-refractivity contribution in [1.29, 1.82) is 0 Å². The van der Waals surface area contributed by atoms with Gasteiger partial charge in [0.15, 0.2) is 0 Å². The van der Waals surface area contributed by atoms with Gasteiger partial charge in [-0.25, -0.2) is 4.57 Å². The summed E-state index contributed by atoms with van der Waals surface area (Å²) < 4.78 is 21.6. The molecule has 0 aromatic heterocycles. The van der Waals surface area contributed by atoms with Crippen LogP contribution in [0.1, 0.15) is 27.2 Å². The number of phosphoric acid groups is 1. The minimum absolute atomic E-state index is 0.0172. The van der Waals surface area contributed by atoms with Crippen molar-refractivity contribution in [2.75, 3.05) is 39.1 Å². The van der Waals surface area contributed by atoms with Gasteiger partial charge in [0, 0.05) is 30.7 Å². The first kappa shape index (κ1) is 28.0. The van der Waals surface area contributed by atoms with Crippen molar-refractivity contribution in [2.24, 2.45) is 5.41 Å². The van der Waals surface area contributed by atoms with Gasteiger partial charge in [-0.15, -0.1) is 0 Å². The number of amides is 2. The number of hydrogen-bond donors (Lipinski definition) is 6. The zero-order valence-electron chi connectivity index (χ0n) is 17.1. The smallest absolute Gasteiger partial charge is 0.383 e. The lowest BCUT2D eigenvalue weighted by Crippen LogP contribution is -2.46. The van der Waals surface area contributed by atoms with E-state index >= 15 is 0 Å². The standard InChI is InChI=1S/C16H32N3O8PS/c1-11(20)12(17-4)9-26-28(24,25)27-10-16(2,3)14(22)15(23)19-6-5-13(21)18-7-8-29/h12,14,17,22,29H,5-10H2,1-4H3,(H,18,21)(H,19,23)(H,24,25). The maximum atomic E-state index is 12.1. The number of aliphatic hydroxyl groups is 1. The minimum Gasteiger partial charge on any atom is -0.383 e. The van der Waals surface area contributed by atoms with Crippen molar-refractivity contribution in [3.63, 3.8) is 0 Å². The normalized spacial score (nSPS) is 15.8. The summed E-state index contributed by atoms with van der Waals surface area (Å²) in [5, 5.41) is 17.8. The first-order valence-corrected chi connectivity index (χ1v) is 11.1. The summed E-state index contributed by atoms with van der Waals surface area (Å²) in [6.45, 7) is 3.80. The topological polar surface area (TPSA) is 163 Å². The number of aliphatic hydroxyl groups excluding tert-OH is 1. The van der Waals surface area contributed by atoms with Gasteiger partial charge in [-0.1, -0.05) is 13.8 Å². The van der Waals surface area contributed by atoms with Gasteiger partial charge >= 0.3 is 7.82 Å². The summed E-state index contributed by atoms with van der Waals surface area (Å²) in [4.78, 5) is 44.6. The number of carbonyl (C=O) groups is 3. The highest BCUT2D eigenvalue weighted by atomic mass is 32.1. The molecule has 0 saturated carbocycles. The van der Waals surface area contributed by atoms with Crippen molar-refractivity contribution in [3.05, 3.63) is 0 Å². The lowest BCUT2D eigenvalue weighted by molar-refractivity contribution is -0.137. The second kappa shape index (κ2) is 13.3. The Morgan fingerprint density at radius 3 is 2.31 bits per heavy atom. The van der Waals surface area contributed by atoms with Crippen LogP contribution in [0.25, 0.3) is 0 Å². The van der Waals surface area contributed by atoms with Gasteiger partial charge in [0.1, 0.15) is 11.9 Å². The number of thiol groups is 1. The van der Waals surface area contributed by atoms with E-state index in [9.17, 15) is 28.9 Å². The van der Waals surface area contributed by atoms with Crippen LogP contribution in [-0.2, 0) is 28.0 Å². The van der Waals surface area contributed by atoms with Crippen LogP contribution in [0.2, 0.25) is 0 Å². The molecule has 5 N–H and O–H groups in total. The largest absolute Gasteiger partial charge is 0.472 e. The van der Waals surface area contributed by atoms with Crippen molar-refractivity contribution >= 4 is 38.0 Å². The minimum atomic E-state index is -4.50. The Balaban J connectivity index is 4.51. The van der Waals surface area contributed by atoms with Crippen molar-refractivity contribution in [1.82, 2.24) is 16.0 Å². The Morgan fingerprint density at radius 1 is 1.17 bits per heavy atom. The quantitative estimate of drug-likeness (QED) is 0.137. The zero-order valence-corrected chi connectivity index (χ0v) is 18.9. The van der Waals surface area contributed by atoms with E-state index in [0.29, 0.717) is 12.3 Å². The van der Waals surface area contributed by atoms with E-state index < -0.39 is 37.9 Å². The van der Waals surface area contributed by atoms with E-state index in [1.165, 1.54) is 27.8 Å². The predicted octanol–water partition coefficient (Wildman–Crippen LogP) is -0.764. The molecule has 0 aliphatic carbocycles. The highest BCUT2D eigenvalue weighted by Crippen LogP contribution is 2.45. The second-order valence-electron chi connectivity index (χ2n) is 7.00.